The van der Waals surface area contributed by atoms with Gasteiger partial charge in [-0.2, -0.15) is 0 Å². The van der Waals surface area contributed by atoms with Gasteiger partial charge in [-0.3, -0.25) is 4.79 Å². The molecule has 18 heavy (non-hydrogen) atoms. The zero-order chi connectivity index (χ0) is 13.0. The fourth-order valence-corrected chi connectivity index (χ4v) is 2.03. The molecule has 0 amide bonds. The number of para-hydroxylation sites is 1. The molecule has 1 aromatic carbocycles. The predicted molar refractivity (Wildman–Crippen MR) is 69.8 cm³/mol. The van der Waals surface area contributed by atoms with E-state index in [-0.39, 0.29) is 11.7 Å². The number of rotatable bonds is 5. The van der Waals surface area contributed by atoms with E-state index in [1.54, 1.807) is 10.9 Å². The molecule has 0 aliphatic carbocycles. The van der Waals surface area contributed by atoms with Crippen molar-refractivity contribution in [3.05, 3.63) is 42.2 Å². The first-order valence-electron chi connectivity index (χ1n) is 6.28. The predicted octanol–water partition coefficient (Wildman–Crippen LogP) is 2.89. The van der Waals surface area contributed by atoms with Gasteiger partial charge >= 0.3 is 0 Å². The van der Waals surface area contributed by atoms with Crippen molar-refractivity contribution in [1.82, 2.24) is 15.0 Å². The zero-order valence-electron chi connectivity index (χ0n) is 10.7. The van der Waals surface area contributed by atoms with Gasteiger partial charge in [-0.05, 0) is 25.0 Å². The summed E-state index contributed by atoms with van der Waals surface area (Å²) in [5.41, 5.74) is 1.43. The standard InChI is InChI=1S/C14H17N3O/c1-3-11(4-2)14(18)13-10-15-16-17(13)12-8-6-5-7-9-12/h5-11H,3-4H2,1-2H3. The molecule has 0 spiro atoms. The maximum atomic E-state index is 12.4. The lowest BCUT2D eigenvalue weighted by Crippen LogP contribution is -2.17. The molecule has 94 valence electrons. The average Bonchev–Trinajstić information content (AvgIpc) is 2.90. The number of hydrogen-bond donors (Lipinski definition) is 0. The summed E-state index contributed by atoms with van der Waals surface area (Å²) in [6.45, 7) is 4.06. The first kappa shape index (κ1) is 12.5. The molecule has 4 nitrogen and oxygen atoms in total. The van der Waals surface area contributed by atoms with E-state index in [9.17, 15) is 4.79 Å². The Labute approximate surface area is 107 Å². The smallest absolute Gasteiger partial charge is 0.186 e. The molecule has 0 atom stereocenters. The molecule has 0 saturated carbocycles. The number of ketones is 1. The number of carbonyl (C=O) groups excluding carboxylic acids is 1. The van der Waals surface area contributed by atoms with E-state index in [1.165, 1.54) is 0 Å². The summed E-state index contributed by atoms with van der Waals surface area (Å²) in [5.74, 6) is 0.166. The van der Waals surface area contributed by atoms with Crippen LogP contribution in [0.15, 0.2) is 36.5 Å². The summed E-state index contributed by atoms with van der Waals surface area (Å²) in [4.78, 5) is 12.4. The first-order valence-corrected chi connectivity index (χ1v) is 6.28. The van der Waals surface area contributed by atoms with Gasteiger partial charge in [0.25, 0.3) is 0 Å². The zero-order valence-corrected chi connectivity index (χ0v) is 10.7. The number of hydrogen-bond acceptors (Lipinski definition) is 3. The van der Waals surface area contributed by atoms with E-state index in [4.69, 9.17) is 0 Å². The molecule has 1 heterocycles. The Bertz CT molecular complexity index is 515. The van der Waals surface area contributed by atoms with Crippen molar-refractivity contribution in [2.24, 2.45) is 5.92 Å². The van der Waals surface area contributed by atoms with Gasteiger partial charge < -0.3 is 0 Å². The van der Waals surface area contributed by atoms with Crippen LogP contribution in [0.1, 0.15) is 37.2 Å². The van der Waals surface area contributed by atoms with E-state index in [0.717, 1.165) is 18.5 Å². The lowest BCUT2D eigenvalue weighted by molar-refractivity contribution is 0.0905. The Hall–Kier alpha value is -1.97. The maximum Gasteiger partial charge on any atom is 0.186 e. The van der Waals surface area contributed by atoms with Crippen LogP contribution >= 0.6 is 0 Å². The fourth-order valence-electron chi connectivity index (χ4n) is 2.03. The van der Waals surface area contributed by atoms with Gasteiger partial charge in [0.05, 0.1) is 11.9 Å². The summed E-state index contributed by atoms with van der Waals surface area (Å²) in [6.07, 6.45) is 3.23. The van der Waals surface area contributed by atoms with Gasteiger partial charge in [-0.1, -0.05) is 37.3 Å². The molecule has 0 aliphatic heterocycles. The van der Waals surface area contributed by atoms with Crippen molar-refractivity contribution in [1.29, 1.82) is 0 Å². The van der Waals surface area contributed by atoms with E-state index >= 15 is 0 Å². The molecule has 0 fully saturated rings. The Morgan fingerprint density at radius 1 is 1.22 bits per heavy atom. The quantitative estimate of drug-likeness (QED) is 0.759. The second kappa shape index (κ2) is 5.58. The van der Waals surface area contributed by atoms with Crippen LogP contribution in [0.4, 0.5) is 0 Å². The molecular weight excluding hydrogens is 226 g/mol. The average molecular weight is 243 g/mol. The van der Waals surface area contributed by atoms with Crippen LogP contribution in [-0.4, -0.2) is 20.8 Å². The van der Waals surface area contributed by atoms with Crippen LogP contribution in [0.3, 0.4) is 0 Å². The Balaban J connectivity index is 2.37. The van der Waals surface area contributed by atoms with Crippen molar-refractivity contribution in [2.45, 2.75) is 26.7 Å². The lowest BCUT2D eigenvalue weighted by Gasteiger charge is -2.11. The van der Waals surface area contributed by atoms with Crippen molar-refractivity contribution in [3.63, 3.8) is 0 Å². The Morgan fingerprint density at radius 2 is 1.89 bits per heavy atom. The van der Waals surface area contributed by atoms with Crippen LogP contribution in [0.5, 0.6) is 0 Å². The minimum absolute atomic E-state index is 0.0472. The van der Waals surface area contributed by atoms with Crippen molar-refractivity contribution in [2.75, 3.05) is 0 Å². The minimum atomic E-state index is 0.0472. The summed E-state index contributed by atoms with van der Waals surface area (Å²) in [7, 11) is 0. The highest BCUT2D eigenvalue weighted by atomic mass is 16.1. The van der Waals surface area contributed by atoms with E-state index in [2.05, 4.69) is 10.3 Å². The highest BCUT2D eigenvalue weighted by molar-refractivity contribution is 5.96. The van der Waals surface area contributed by atoms with Crippen molar-refractivity contribution >= 4 is 5.78 Å². The van der Waals surface area contributed by atoms with Gasteiger partial charge in [0, 0.05) is 5.92 Å². The second-order valence-electron chi connectivity index (χ2n) is 4.24. The Morgan fingerprint density at radius 3 is 2.50 bits per heavy atom. The SMILES string of the molecule is CCC(CC)C(=O)c1cnnn1-c1ccccc1. The largest absolute Gasteiger partial charge is 0.292 e. The second-order valence-corrected chi connectivity index (χ2v) is 4.24. The molecule has 0 bridgehead atoms. The molecule has 2 aromatic rings. The number of aromatic nitrogens is 3. The van der Waals surface area contributed by atoms with Crippen molar-refractivity contribution < 1.29 is 4.79 Å². The van der Waals surface area contributed by atoms with Crippen molar-refractivity contribution in [3.8, 4) is 5.69 Å². The minimum Gasteiger partial charge on any atom is -0.292 e. The molecule has 0 unspecified atom stereocenters. The van der Waals surface area contributed by atoms with E-state index < -0.39 is 0 Å². The third-order valence-electron chi connectivity index (χ3n) is 3.16. The summed E-state index contributed by atoms with van der Waals surface area (Å²) in [6, 6.07) is 9.60. The van der Waals surface area contributed by atoms with Crippen LogP contribution in [0.2, 0.25) is 0 Å². The molecule has 0 radical (unpaired) electrons. The van der Waals surface area contributed by atoms with Gasteiger partial charge in [0.2, 0.25) is 0 Å². The van der Waals surface area contributed by atoms with Crippen LogP contribution in [0, 0.1) is 5.92 Å². The fraction of sp³-hybridized carbons (Fsp3) is 0.357. The normalized spacial score (nSPS) is 10.8. The summed E-state index contributed by atoms with van der Waals surface area (Å²) in [5, 5.41) is 7.87. The summed E-state index contributed by atoms with van der Waals surface area (Å²) >= 11 is 0. The number of nitrogens with zero attached hydrogens (tertiary/aromatic N) is 3. The van der Waals surface area contributed by atoms with Gasteiger partial charge in [0.15, 0.2) is 5.78 Å². The van der Waals surface area contributed by atoms with Crippen LogP contribution in [0.25, 0.3) is 5.69 Å². The van der Waals surface area contributed by atoms with Gasteiger partial charge in [-0.25, -0.2) is 4.68 Å². The third kappa shape index (κ3) is 2.32. The molecular formula is C14H17N3O. The van der Waals surface area contributed by atoms with Crippen LogP contribution in [-0.2, 0) is 0 Å². The van der Waals surface area contributed by atoms with Gasteiger partial charge in [-0.15, -0.1) is 5.10 Å². The van der Waals surface area contributed by atoms with Crippen LogP contribution < -0.4 is 0 Å². The lowest BCUT2D eigenvalue weighted by atomic mass is 9.96. The molecule has 1 aromatic heterocycles. The topological polar surface area (TPSA) is 47.8 Å². The van der Waals surface area contributed by atoms with E-state index in [0.29, 0.717) is 5.69 Å². The molecule has 0 N–H and O–H groups in total. The maximum absolute atomic E-state index is 12.4. The number of Topliss-reactive ketones (excluding diaryl/α,β-unsaturated/α-hetero) is 1. The third-order valence-corrected chi connectivity index (χ3v) is 3.16. The highest BCUT2D eigenvalue weighted by Crippen LogP contribution is 2.17. The molecule has 0 aliphatic rings. The van der Waals surface area contributed by atoms with Gasteiger partial charge in [0.1, 0.15) is 5.69 Å². The molecule has 0 saturated heterocycles. The Kier molecular flexibility index (Phi) is 3.87. The molecule has 2 rings (SSSR count). The summed E-state index contributed by atoms with van der Waals surface area (Å²) < 4.78 is 1.61. The number of carbonyl (C=O) groups is 1. The monoisotopic (exact) mass is 243 g/mol. The highest BCUT2D eigenvalue weighted by Gasteiger charge is 2.21. The van der Waals surface area contributed by atoms with E-state index in [1.807, 2.05) is 44.2 Å². The molecule has 4 heteroatoms. The first-order chi connectivity index (χ1) is 8.77. The number of benzene rings is 1.